The number of rotatable bonds is 2. The Labute approximate surface area is 82.7 Å². The maximum atomic E-state index is 5.32. The standard InChI is InChI=1S/C9H14N2OS/c1-7-4-11(9(13)10-7)5-8-2-3-12-6-8/h4,8H,2-3,5-6H2,1H3,(H,10,13). The van der Waals surface area contributed by atoms with Crippen LogP contribution in [0.2, 0.25) is 0 Å². The van der Waals surface area contributed by atoms with E-state index in [2.05, 4.69) is 15.7 Å². The highest BCUT2D eigenvalue weighted by Crippen LogP contribution is 2.15. The molecule has 0 aliphatic carbocycles. The molecular weight excluding hydrogens is 184 g/mol. The van der Waals surface area contributed by atoms with Crippen molar-refractivity contribution in [3.63, 3.8) is 0 Å². The van der Waals surface area contributed by atoms with Crippen molar-refractivity contribution >= 4 is 12.2 Å². The van der Waals surface area contributed by atoms with Gasteiger partial charge in [0.15, 0.2) is 4.77 Å². The van der Waals surface area contributed by atoms with Gasteiger partial charge in [-0.05, 0) is 25.6 Å². The molecule has 1 saturated heterocycles. The Morgan fingerprint density at radius 2 is 2.62 bits per heavy atom. The lowest BCUT2D eigenvalue weighted by molar-refractivity contribution is 0.182. The van der Waals surface area contributed by atoms with Gasteiger partial charge < -0.3 is 14.3 Å². The monoisotopic (exact) mass is 198 g/mol. The Hall–Kier alpha value is -0.610. The van der Waals surface area contributed by atoms with Gasteiger partial charge in [0.25, 0.3) is 0 Å². The zero-order chi connectivity index (χ0) is 9.26. The van der Waals surface area contributed by atoms with Gasteiger partial charge in [0.1, 0.15) is 0 Å². The van der Waals surface area contributed by atoms with Crippen molar-refractivity contribution in [1.82, 2.24) is 9.55 Å². The van der Waals surface area contributed by atoms with Crippen LogP contribution < -0.4 is 0 Å². The third-order valence-corrected chi connectivity index (χ3v) is 2.73. The molecule has 0 radical (unpaired) electrons. The largest absolute Gasteiger partial charge is 0.381 e. The van der Waals surface area contributed by atoms with E-state index < -0.39 is 0 Å². The zero-order valence-electron chi connectivity index (χ0n) is 7.75. The fourth-order valence-electron chi connectivity index (χ4n) is 1.71. The lowest BCUT2D eigenvalue weighted by atomic mass is 10.1. The van der Waals surface area contributed by atoms with Gasteiger partial charge in [0.05, 0.1) is 6.61 Å². The summed E-state index contributed by atoms with van der Waals surface area (Å²) in [5.74, 6) is 0.641. The molecule has 2 heterocycles. The van der Waals surface area contributed by atoms with E-state index in [0.717, 1.165) is 36.6 Å². The topological polar surface area (TPSA) is 29.9 Å². The molecule has 3 nitrogen and oxygen atoms in total. The highest BCUT2D eigenvalue weighted by molar-refractivity contribution is 7.71. The van der Waals surface area contributed by atoms with E-state index in [4.69, 9.17) is 17.0 Å². The quantitative estimate of drug-likeness (QED) is 0.735. The van der Waals surface area contributed by atoms with Gasteiger partial charge in [-0.2, -0.15) is 0 Å². The number of imidazole rings is 1. The molecule has 1 aliphatic heterocycles. The molecule has 4 heteroatoms. The molecule has 2 rings (SSSR count). The predicted octanol–water partition coefficient (Wildman–Crippen LogP) is 1.89. The number of hydrogen-bond donors (Lipinski definition) is 1. The molecule has 13 heavy (non-hydrogen) atoms. The van der Waals surface area contributed by atoms with Crippen LogP contribution in [-0.4, -0.2) is 22.8 Å². The van der Waals surface area contributed by atoms with Crippen LogP contribution in [0.25, 0.3) is 0 Å². The van der Waals surface area contributed by atoms with Gasteiger partial charge in [-0.1, -0.05) is 0 Å². The molecule has 72 valence electrons. The van der Waals surface area contributed by atoms with Crippen molar-refractivity contribution < 1.29 is 4.74 Å². The number of nitrogens with zero attached hydrogens (tertiary/aromatic N) is 1. The molecule has 0 amide bonds. The van der Waals surface area contributed by atoms with Crippen LogP contribution in [0.1, 0.15) is 12.1 Å². The first kappa shape index (κ1) is 8.97. The lowest BCUT2D eigenvalue weighted by Gasteiger charge is -2.07. The van der Waals surface area contributed by atoms with Crippen LogP contribution in [0.4, 0.5) is 0 Å². The van der Waals surface area contributed by atoms with Crippen LogP contribution in [0, 0.1) is 17.6 Å². The summed E-state index contributed by atoms with van der Waals surface area (Å²) in [5, 5.41) is 0. The second-order valence-electron chi connectivity index (χ2n) is 3.62. The molecule has 1 fully saturated rings. The molecule has 0 spiro atoms. The smallest absolute Gasteiger partial charge is 0.177 e. The Bertz CT molecular complexity index is 336. The van der Waals surface area contributed by atoms with E-state index in [1.165, 1.54) is 0 Å². The first-order chi connectivity index (χ1) is 6.25. The van der Waals surface area contributed by atoms with Gasteiger partial charge in [-0.25, -0.2) is 0 Å². The summed E-state index contributed by atoms with van der Waals surface area (Å²) in [6, 6.07) is 0. The number of nitrogens with one attached hydrogen (secondary N) is 1. The van der Waals surface area contributed by atoms with Crippen molar-refractivity contribution in [2.45, 2.75) is 19.9 Å². The second-order valence-corrected chi connectivity index (χ2v) is 4.01. The van der Waals surface area contributed by atoms with E-state index in [1.54, 1.807) is 0 Å². The minimum atomic E-state index is 0.641. The summed E-state index contributed by atoms with van der Waals surface area (Å²) in [5.41, 5.74) is 1.13. The molecule has 0 aromatic carbocycles. The first-order valence-electron chi connectivity index (χ1n) is 4.59. The highest BCUT2D eigenvalue weighted by atomic mass is 32.1. The van der Waals surface area contributed by atoms with Crippen LogP contribution in [0.3, 0.4) is 0 Å². The molecule has 0 saturated carbocycles. The number of hydrogen-bond acceptors (Lipinski definition) is 2. The van der Waals surface area contributed by atoms with E-state index >= 15 is 0 Å². The van der Waals surface area contributed by atoms with Crippen LogP contribution in [0.15, 0.2) is 6.20 Å². The van der Waals surface area contributed by atoms with Crippen LogP contribution in [-0.2, 0) is 11.3 Å². The predicted molar refractivity (Wildman–Crippen MR) is 53.3 cm³/mol. The molecular formula is C9H14N2OS. The summed E-state index contributed by atoms with van der Waals surface area (Å²) in [7, 11) is 0. The third kappa shape index (κ3) is 2.00. The summed E-state index contributed by atoms with van der Waals surface area (Å²) in [6.07, 6.45) is 3.23. The summed E-state index contributed by atoms with van der Waals surface area (Å²) in [6.45, 7) is 4.80. The van der Waals surface area contributed by atoms with E-state index in [9.17, 15) is 0 Å². The fourth-order valence-corrected chi connectivity index (χ4v) is 1.99. The van der Waals surface area contributed by atoms with Crippen molar-refractivity contribution in [2.75, 3.05) is 13.2 Å². The first-order valence-corrected chi connectivity index (χ1v) is 5.00. The third-order valence-electron chi connectivity index (χ3n) is 2.39. The maximum Gasteiger partial charge on any atom is 0.177 e. The van der Waals surface area contributed by atoms with Gasteiger partial charge in [-0.3, -0.25) is 0 Å². The average molecular weight is 198 g/mol. The maximum absolute atomic E-state index is 5.32. The van der Waals surface area contributed by atoms with Crippen molar-refractivity contribution in [3.8, 4) is 0 Å². The number of aryl methyl sites for hydroxylation is 1. The van der Waals surface area contributed by atoms with Crippen molar-refractivity contribution in [1.29, 1.82) is 0 Å². The minimum Gasteiger partial charge on any atom is -0.381 e. The van der Waals surface area contributed by atoms with Gasteiger partial charge >= 0.3 is 0 Å². The summed E-state index contributed by atoms with van der Waals surface area (Å²) in [4.78, 5) is 3.12. The van der Waals surface area contributed by atoms with Crippen LogP contribution >= 0.6 is 12.2 Å². The molecule has 1 atom stereocenters. The molecule has 1 aromatic rings. The number of ether oxygens (including phenoxy) is 1. The van der Waals surface area contributed by atoms with Gasteiger partial charge in [0, 0.05) is 31.0 Å². The second kappa shape index (κ2) is 3.64. The lowest BCUT2D eigenvalue weighted by Crippen LogP contribution is -2.09. The van der Waals surface area contributed by atoms with E-state index in [1.807, 2.05) is 6.92 Å². The summed E-state index contributed by atoms with van der Waals surface area (Å²) >= 11 is 5.17. The molecule has 1 aliphatic rings. The van der Waals surface area contributed by atoms with Crippen molar-refractivity contribution in [3.05, 3.63) is 16.7 Å². The van der Waals surface area contributed by atoms with Crippen LogP contribution in [0.5, 0.6) is 0 Å². The van der Waals surface area contributed by atoms with E-state index in [-0.39, 0.29) is 0 Å². The molecule has 1 unspecified atom stereocenters. The van der Waals surface area contributed by atoms with Gasteiger partial charge in [-0.15, -0.1) is 0 Å². The van der Waals surface area contributed by atoms with E-state index in [0.29, 0.717) is 5.92 Å². The van der Waals surface area contributed by atoms with Gasteiger partial charge in [0.2, 0.25) is 0 Å². The number of H-pyrrole nitrogens is 1. The fraction of sp³-hybridized carbons (Fsp3) is 0.667. The Morgan fingerprint density at radius 3 is 3.15 bits per heavy atom. The summed E-state index contributed by atoms with van der Waals surface area (Å²) < 4.78 is 8.24. The Kier molecular flexibility index (Phi) is 2.51. The molecule has 0 bridgehead atoms. The zero-order valence-corrected chi connectivity index (χ0v) is 8.56. The number of aromatic amines is 1. The Balaban J connectivity index is 2.08. The molecule has 1 N–H and O–H groups in total. The average Bonchev–Trinajstić information content (AvgIpc) is 2.63. The number of aromatic nitrogens is 2. The normalized spacial score (nSPS) is 22.4. The van der Waals surface area contributed by atoms with Crippen molar-refractivity contribution in [2.24, 2.45) is 5.92 Å². The SMILES string of the molecule is Cc1cn(CC2CCOC2)c(=S)[nH]1. The molecule has 1 aromatic heterocycles. The Morgan fingerprint density at radius 1 is 1.77 bits per heavy atom. The minimum absolute atomic E-state index is 0.641. The highest BCUT2D eigenvalue weighted by Gasteiger charge is 2.16.